The highest BCUT2D eigenvalue weighted by Gasteiger charge is 2.30. The number of likely N-dealkylation sites (tertiary alicyclic amines) is 1. The summed E-state index contributed by atoms with van der Waals surface area (Å²) in [6.45, 7) is 0.592. The molecule has 1 aliphatic heterocycles. The Bertz CT molecular complexity index is 901. The maximum absolute atomic E-state index is 12.3. The molecule has 1 fully saturated rings. The lowest BCUT2D eigenvalue weighted by Gasteiger charge is -2.17. The number of rotatable bonds is 5. The number of urea groups is 1. The van der Waals surface area contributed by atoms with Crippen molar-refractivity contribution >= 4 is 23.6 Å². The highest BCUT2D eigenvalue weighted by Crippen LogP contribution is 2.25. The first kappa shape index (κ1) is 19.2. The van der Waals surface area contributed by atoms with Gasteiger partial charge in [-0.3, -0.25) is 14.6 Å². The summed E-state index contributed by atoms with van der Waals surface area (Å²) in [6, 6.07) is 9.56. The van der Waals surface area contributed by atoms with Crippen molar-refractivity contribution in [1.82, 2.24) is 15.2 Å². The highest BCUT2D eigenvalue weighted by atomic mass is 16.5. The van der Waals surface area contributed by atoms with Crippen LogP contribution >= 0.6 is 0 Å². The van der Waals surface area contributed by atoms with Gasteiger partial charge in [-0.15, -0.1) is 0 Å². The summed E-state index contributed by atoms with van der Waals surface area (Å²) in [5, 5.41) is 14.3. The number of aliphatic carboxylic acids is 1. The van der Waals surface area contributed by atoms with Gasteiger partial charge in [0, 0.05) is 44.2 Å². The monoisotopic (exact) mass is 384 g/mol. The first-order chi connectivity index (χ1) is 13.5. The molecule has 1 aliphatic rings. The molecule has 146 valence electrons. The number of carboxylic acids is 1. The number of carboxylic acid groups (broad SMARTS) is 1. The number of anilines is 1. The van der Waals surface area contributed by atoms with Crippen molar-refractivity contribution < 1.29 is 24.2 Å². The second-order valence-electron chi connectivity index (χ2n) is 6.29. The zero-order valence-electron chi connectivity index (χ0n) is 15.2. The van der Waals surface area contributed by atoms with E-state index in [4.69, 9.17) is 9.84 Å². The lowest BCUT2D eigenvalue weighted by atomic mass is 10.1. The Morgan fingerprint density at radius 1 is 1.21 bits per heavy atom. The predicted octanol–water partition coefficient (Wildman–Crippen LogP) is 2.17. The van der Waals surface area contributed by atoms with E-state index in [1.807, 2.05) is 0 Å². The normalized spacial score (nSPS) is 15.8. The molecule has 3 rings (SSSR count). The summed E-state index contributed by atoms with van der Waals surface area (Å²) in [7, 11) is 1.52. The third-order valence-corrected chi connectivity index (χ3v) is 4.34. The van der Waals surface area contributed by atoms with E-state index in [1.54, 1.807) is 30.3 Å². The number of amides is 3. The van der Waals surface area contributed by atoms with Crippen LogP contribution in [0.4, 0.5) is 10.5 Å². The summed E-state index contributed by atoms with van der Waals surface area (Å²) >= 11 is 0. The van der Waals surface area contributed by atoms with Gasteiger partial charge in [-0.2, -0.15) is 0 Å². The fourth-order valence-electron chi connectivity index (χ4n) is 2.85. The molecule has 2 heterocycles. The average molecular weight is 384 g/mol. The Morgan fingerprint density at radius 2 is 2.00 bits per heavy atom. The van der Waals surface area contributed by atoms with Crippen LogP contribution in [-0.2, 0) is 4.79 Å². The summed E-state index contributed by atoms with van der Waals surface area (Å²) in [4.78, 5) is 40.5. The minimum atomic E-state index is -0.890. The molecule has 0 bridgehead atoms. The van der Waals surface area contributed by atoms with Crippen molar-refractivity contribution in [3.63, 3.8) is 0 Å². The van der Waals surface area contributed by atoms with E-state index in [0.29, 0.717) is 30.2 Å². The third-order valence-electron chi connectivity index (χ3n) is 4.34. The van der Waals surface area contributed by atoms with Crippen molar-refractivity contribution in [2.45, 2.75) is 6.42 Å². The van der Waals surface area contributed by atoms with Gasteiger partial charge in [0.2, 0.25) is 0 Å². The lowest BCUT2D eigenvalue weighted by molar-refractivity contribution is -0.141. The molecular weight excluding hydrogens is 364 g/mol. The van der Waals surface area contributed by atoms with Crippen LogP contribution in [0.25, 0.3) is 0 Å². The lowest BCUT2D eigenvalue weighted by Crippen LogP contribution is -2.33. The largest absolute Gasteiger partial charge is 0.481 e. The van der Waals surface area contributed by atoms with Crippen LogP contribution in [0.3, 0.4) is 0 Å². The first-order valence-electron chi connectivity index (χ1n) is 8.71. The number of benzene rings is 1. The van der Waals surface area contributed by atoms with E-state index < -0.39 is 11.9 Å². The van der Waals surface area contributed by atoms with Crippen molar-refractivity contribution in [3.05, 3.63) is 48.3 Å². The van der Waals surface area contributed by atoms with Crippen molar-refractivity contribution in [2.24, 2.45) is 5.92 Å². The minimum Gasteiger partial charge on any atom is -0.481 e. The van der Waals surface area contributed by atoms with Crippen LogP contribution in [0, 0.1) is 5.92 Å². The van der Waals surface area contributed by atoms with Crippen LogP contribution in [0.15, 0.2) is 42.6 Å². The number of carbonyl (C=O) groups excluding carboxylic acids is 2. The molecule has 9 nitrogen and oxygen atoms in total. The summed E-state index contributed by atoms with van der Waals surface area (Å²) in [5.74, 6) is -0.838. The molecule has 1 saturated heterocycles. The minimum absolute atomic E-state index is 0.191. The Balaban J connectivity index is 1.65. The number of carbonyl (C=O) groups is 3. The molecule has 0 aliphatic carbocycles. The molecule has 1 atom stereocenters. The number of ether oxygens (including phenoxy) is 1. The van der Waals surface area contributed by atoms with E-state index in [-0.39, 0.29) is 24.2 Å². The molecule has 1 aromatic heterocycles. The topological polar surface area (TPSA) is 121 Å². The fraction of sp³-hybridized carbons (Fsp3) is 0.263. The smallest absolute Gasteiger partial charge is 0.321 e. The molecule has 0 spiro atoms. The average Bonchev–Trinajstić information content (AvgIpc) is 3.18. The van der Waals surface area contributed by atoms with E-state index in [0.717, 1.165) is 0 Å². The molecule has 3 amide bonds. The summed E-state index contributed by atoms with van der Waals surface area (Å²) < 4.78 is 5.75. The van der Waals surface area contributed by atoms with Gasteiger partial charge < -0.3 is 25.4 Å². The van der Waals surface area contributed by atoms with Crippen LogP contribution in [0.1, 0.15) is 16.9 Å². The van der Waals surface area contributed by atoms with Gasteiger partial charge in [0.05, 0.1) is 5.92 Å². The number of pyridine rings is 1. The number of hydrogen-bond acceptors (Lipinski definition) is 5. The number of hydrogen-bond donors (Lipinski definition) is 3. The molecule has 0 saturated carbocycles. The molecule has 9 heteroatoms. The molecule has 2 aromatic rings. The van der Waals surface area contributed by atoms with E-state index in [9.17, 15) is 14.4 Å². The SMILES string of the molecule is CNC(=O)c1cc(Oc2cccc(NC(=O)N3CCC(C(=O)O)C3)c2)ccn1. The van der Waals surface area contributed by atoms with Crippen LogP contribution < -0.4 is 15.4 Å². The highest BCUT2D eigenvalue weighted by molar-refractivity contribution is 5.92. The van der Waals surface area contributed by atoms with Crippen molar-refractivity contribution in [2.75, 3.05) is 25.5 Å². The van der Waals surface area contributed by atoms with E-state index >= 15 is 0 Å². The van der Waals surface area contributed by atoms with E-state index in [2.05, 4.69) is 15.6 Å². The summed E-state index contributed by atoms with van der Waals surface area (Å²) in [6.07, 6.45) is 1.92. The molecule has 1 unspecified atom stereocenters. The molecule has 1 aromatic carbocycles. The Labute approximate surface area is 161 Å². The Kier molecular flexibility index (Phi) is 5.73. The van der Waals surface area contributed by atoms with Crippen molar-refractivity contribution in [3.8, 4) is 11.5 Å². The standard InChI is InChI=1S/C19H20N4O5/c1-20-17(24)16-10-15(5-7-21-16)28-14-4-2-3-13(9-14)22-19(27)23-8-6-12(11-23)18(25)26/h2-5,7,9-10,12H,6,8,11H2,1H3,(H,20,24)(H,22,27)(H,25,26). The number of nitrogens with one attached hydrogen (secondary N) is 2. The van der Waals surface area contributed by atoms with Gasteiger partial charge in [-0.25, -0.2) is 4.79 Å². The van der Waals surface area contributed by atoms with Crippen LogP contribution in [0.5, 0.6) is 11.5 Å². The number of aromatic nitrogens is 1. The summed E-state index contributed by atoms with van der Waals surface area (Å²) in [5.41, 5.74) is 0.744. The molecule has 3 N–H and O–H groups in total. The maximum atomic E-state index is 12.3. The second-order valence-corrected chi connectivity index (χ2v) is 6.29. The van der Waals surface area contributed by atoms with Gasteiger partial charge in [-0.1, -0.05) is 6.07 Å². The van der Waals surface area contributed by atoms with Gasteiger partial charge in [-0.05, 0) is 24.6 Å². The predicted molar refractivity (Wildman–Crippen MR) is 100 cm³/mol. The fourth-order valence-corrected chi connectivity index (χ4v) is 2.85. The zero-order chi connectivity index (χ0) is 20.1. The Morgan fingerprint density at radius 3 is 2.71 bits per heavy atom. The second kappa shape index (κ2) is 8.38. The third kappa shape index (κ3) is 4.56. The van der Waals surface area contributed by atoms with Gasteiger partial charge in [0.25, 0.3) is 5.91 Å². The van der Waals surface area contributed by atoms with Gasteiger partial charge in [0.15, 0.2) is 0 Å². The maximum Gasteiger partial charge on any atom is 0.321 e. The van der Waals surface area contributed by atoms with Crippen LogP contribution in [0.2, 0.25) is 0 Å². The van der Waals surface area contributed by atoms with Crippen molar-refractivity contribution in [1.29, 1.82) is 0 Å². The van der Waals surface area contributed by atoms with Gasteiger partial charge >= 0.3 is 12.0 Å². The first-order valence-corrected chi connectivity index (χ1v) is 8.71. The Hall–Kier alpha value is -3.62. The molecular formula is C19H20N4O5. The number of nitrogens with zero attached hydrogens (tertiary/aromatic N) is 2. The van der Waals surface area contributed by atoms with Gasteiger partial charge in [0.1, 0.15) is 17.2 Å². The molecule has 0 radical (unpaired) electrons. The quantitative estimate of drug-likeness (QED) is 0.726. The molecule has 28 heavy (non-hydrogen) atoms. The van der Waals surface area contributed by atoms with E-state index in [1.165, 1.54) is 24.2 Å². The van der Waals surface area contributed by atoms with Crippen LogP contribution in [-0.4, -0.2) is 53.0 Å². The zero-order valence-corrected chi connectivity index (χ0v) is 15.2.